The van der Waals surface area contributed by atoms with E-state index in [1.54, 1.807) is 0 Å². The number of piperidine rings is 1. The number of rotatable bonds is 3. The summed E-state index contributed by atoms with van der Waals surface area (Å²) >= 11 is 0. The zero-order chi connectivity index (χ0) is 9.84. The Balaban J connectivity index is 2.29. The zero-order valence-electron chi connectivity index (χ0n) is 9.71. The Morgan fingerprint density at radius 3 is 2.54 bits per heavy atom. The van der Waals surface area contributed by atoms with Crippen molar-refractivity contribution >= 4 is 0 Å². The van der Waals surface area contributed by atoms with Crippen LogP contribution in [0.5, 0.6) is 0 Å². The third kappa shape index (κ3) is 3.68. The smallest absolute Gasteiger partial charge is 0.00671 e. The van der Waals surface area contributed by atoms with Crippen LogP contribution in [0.1, 0.15) is 47.0 Å². The van der Waals surface area contributed by atoms with E-state index in [0.29, 0.717) is 0 Å². The second-order valence-corrected chi connectivity index (χ2v) is 5.21. The summed E-state index contributed by atoms with van der Waals surface area (Å²) < 4.78 is 0. The Labute approximate surface area is 83.5 Å². The summed E-state index contributed by atoms with van der Waals surface area (Å²) in [5.41, 5.74) is 0. The average molecular weight is 183 g/mol. The van der Waals surface area contributed by atoms with Crippen LogP contribution in [-0.4, -0.2) is 24.0 Å². The van der Waals surface area contributed by atoms with Crippen molar-refractivity contribution < 1.29 is 0 Å². The second kappa shape index (κ2) is 4.99. The van der Waals surface area contributed by atoms with Gasteiger partial charge in [-0.25, -0.2) is 0 Å². The summed E-state index contributed by atoms with van der Waals surface area (Å²) in [5.74, 6) is 1.77. The molecule has 78 valence electrons. The lowest BCUT2D eigenvalue weighted by Crippen LogP contribution is -2.41. The van der Waals surface area contributed by atoms with E-state index in [0.717, 1.165) is 17.9 Å². The molecule has 1 saturated heterocycles. The molecular weight excluding hydrogens is 158 g/mol. The standard InChI is InChI=1S/C12H25N/c1-10(2)7-8-13-9-11(3)5-6-12(13)4/h10-12H,5-9H2,1-4H3. The average Bonchev–Trinajstić information content (AvgIpc) is 2.06. The van der Waals surface area contributed by atoms with Crippen molar-refractivity contribution in [2.24, 2.45) is 11.8 Å². The molecule has 0 radical (unpaired) electrons. The van der Waals surface area contributed by atoms with Crippen molar-refractivity contribution in [3.05, 3.63) is 0 Å². The highest BCUT2D eigenvalue weighted by molar-refractivity contribution is 4.76. The summed E-state index contributed by atoms with van der Waals surface area (Å²) in [6.07, 6.45) is 4.19. The van der Waals surface area contributed by atoms with E-state index in [4.69, 9.17) is 0 Å². The minimum atomic E-state index is 0.829. The minimum absolute atomic E-state index is 0.829. The second-order valence-electron chi connectivity index (χ2n) is 5.21. The van der Waals surface area contributed by atoms with Gasteiger partial charge in [0.2, 0.25) is 0 Å². The lowest BCUT2D eigenvalue weighted by Gasteiger charge is -2.37. The molecule has 1 fully saturated rings. The Hall–Kier alpha value is -0.0400. The third-order valence-electron chi connectivity index (χ3n) is 3.24. The number of nitrogens with zero attached hydrogens (tertiary/aromatic N) is 1. The maximum absolute atomic E-state index is 2.67. The highest BCUT2D eigenvalue weighted by Crippen LogP contribution is 2.21. The van der Waals surface area contributed by atoms with Crippen LogP contribution in [0, 0.1) is 11.8 Å². The molecule has 0 aromatic carbocycles. The first kappa shape index (κ1) is 11.0. The van der Waals surface area contributed by atoms with Gasteiger partial charge in [-0.3, -0.25) is 0 Å². The first-order valence-corrected chi connectivity index (χ1v) is 5.83. The Morgan fingerprint density at radius 1 is 1.23 bits per heavy atom. The molecule has 1 aliphatic heterocycles. The van der Waals surface area contributed by atoms with Gasteiger partial charge in [0.1, 0.15) is 0 Å². The summed E-state index contributed by atoms with van der Waals surface area (Å²) in [6, 6.07) is 0.829. The number of hydrogen-bond acceptors (Lipinski definition) is 1. The summed E-state index contributed by atoms with van der Waals surface area (Å²) in [6.45, 7) is 12.0. The molecule has 1 aliphatic rings. The normalized spacial score (nSPS) is 31.2. The summed E-state index contributed by atoms with van der Waals surface area (Å²) in [5, 5.41) is 0. The van der Waals surface area contributed by atoms with E-state index in [-0.39, 0.29) is 0 Å². The van der Waals surface area contributed by atoms with Crippen molar-refractivity contribution in [1.29, 1.82) is 0 Å². The van der Waals surface area contributed by atoms with Gasteiger partial charge >= 0.3 is 0 Å². The molecule has 0 amide bonds. The third-order valence-corrected chi connectivity index (χ3v) is 3.24. The predicted molar refractivity (Wildman–Crippen MR) is 58.9 cm³/mol. The molecule has 2 unspecified atom stereocenters. The van der Waals surface area contributed by atoms with E-state index in [1.165, 1.54) is 32.4 Å². The summed E-state index contributed by atoms with van der Waals surface area (Å²) in [7, 11) is 0. The van der Waals surface area contributed by atoms with Gasteiger partial charge in [-0.2, -0.15) is 0 Å². The Kier molecular flexibility index (Phi) is 4.24. The van der Waals surface area contributed by atoms with E-state index >= 15 is 0 Å². The molecule has 1 heteroatoms. The van der Waals surface area contributed by atoms with Crippen LogP contribution in [0.4, 0.5) is 0 Å². The van der Waals surface area contributed by atoms with Crippen LogP contribution in [0.3, 0.4) is 0 Å². The molecule has 0 saturated carbocycles. The molecule has 1 heterocycles. The van der Waals surface area contributed by atoms with E-state index in [1.807, 2.05) is 0 Å². The topological polar surface area (TPSA) is 3.24 Å². The van der Waals surface area contributed by atoms with Gasteiger partial charge in [0.15, 0.2) is 0 Å². The van der Waals surface area contributed by atoms with E-state index in [9.17, 15) is 0 Å². The van der Waals surface area contributed by atoms with Crippen molar-refractivity contribution in [3.63, 3.8) is 0 Å². The lowest BCUT2D eigenvalue weighted by atomic mass is 9.94. The quantitative estimate of drug-likeness (QED) is 0.649. The van der Waals surface area contributed by atoms with Crippen molar-refractivity contribution in [2.75, 3.05) is 13.1 Å². The highest BCUT2D eigenvalue weighted by Gasteiger charge is 2.22. The van der Waals surface area contributed by atoms with Gasteiger partial charge < -0.3 is 4.90 Å². The maximum Gasteiger partial charge on any atom is 0.00671 e. The number of hydrogen-bond donors (Lipinski definition) is 0. The molecule has 0 aliphatic carbocycles. The lowest BCUT2D eigenvalue weighted by molar-refractivity contribution is 0.119. The molecule has 0 aromatic heterocycles. The highest BCUT2D eigenvalue weighted by atomic mass is 15.2. The van der Waals surface area contributed by atoms with Gasteiger partial charge in [-0.05, 0) is 44.6 Å². The zero-order valence-corrected chi connectivity index (χ0v) is 9.71. The van der Waals surface area contributed by atoms with Crippen LogP contribution in [0.25, 0.3) is 0 Å². The van der Waals surface area contributed by atoms with Gasteiger partial charge in [-0.1, -0.05) is 20.8 Å². The molecule has 0 bridgehead atoms. The molecule has 0 aromatic rings. The molecule has 1 nitrogen and oxygen atoms in total. The summed E-state index contributed by atoms with van der Waals surface area (Å²) in [4.78, 5) is 2.67. The maximum atomic E-state index is 2.67. The monoisotopic (exact) mass is 183 g/mol. The first-order valence-electron chi connectivity index (χ1n) is 5.83. The van der Waals surface area contributed by atoms with Crippen LogP contribution in [-0.2, 0) is 0 Å². The van der Waals surface area contributed by atoms with Crippen molar-refractivity contribution in [1.82, 2.24) is 4.90 Å². The first-order chi connectivity index (χ1) is 6.09. The molecule has 0 N–H and O–H groups in total. The fourth-order valence-corrected chi connectivity index (χ4v) is 2.12. The fraction of sp³-hybridized carbons (Fsp3) is 1.00. The molecular formula is C12H25N. The van der Waals surface area contributed by atoms with Crippen LogP contribution in [0.15, 0.2) is 0 Å². The molecule has 1 rings (SSSR count). The predicted octanol–water partition coefficient (Wildman–Crippen LogP) is 3.15. The number of likely N-dealkylation sites (tertiary alicyclic amines) is 1. The van der Waals surface area contributed by atoms with Crippen molar-refractivity contribution in [2.45, 2.75) is 53.0 Å². The van der Waals surface area contributed by atoms with Crippen molar-refractivity contribution in [3.8, 4) is 0 Å². The molecule has 13 heavy (non-hydrogen) atoms. The van der Waals surface area contributed by atoms with Gasteiger partial charge in [-0.15, -0.1) is 0 Å². The Bertz CT molecular complexity index is 142. The van der Waals surface area contributed by atoms with Crippen LogP contribution < -0.4 is 0 Å². The molecule has 0 spiro atoms. The Morgan fingerprint density at radius 2 is 1.92 bits per heavy atom. The van der Waals surface area contributed by atoms with Gasteiger partial charge in [0, 0.05) is 12.6 Å². The van der Waals surface area contributed by atoms with Crippen LogP contribution >= 0.6 is 0 Å². The van der Waals surface area contributed by atoms with E-state index in [2.05, 4.69) is 32.6 Å². The van der Waals surface area contributed by atoms with Crippen LogP contribution in [0.2, 0.25) is 0 Å². The largest absolute Gasteiger partial charge is 0.300 e. The van der Waals surface area contributed by atoms with E-state index < -0.39 is 0 Å². The van der Waals surface area contributed by atoms with Gasteiger partial charge in [0.25, 0.3) is 0 Å². The SMILES string of the molecule is CC(C)CCN1CC(C)CCC1C. The molecule has 2 atom stereocenters. The minimum Gasteiger partial charge on any atom is -0.300 e. The van der Waals surface area contributed by atoms with Gasteiger partial charge in [0.05, 0.1) is 0 Å². The fourth-order valence-electron chi connectivity index (χ4n) is 2.12.